The molecule has 0 aromatic heterocycles. The third-order valence-electron chi connectivity index (χ3n) is 2.65. The highest BCUT2D eigenvalue weighted by molar-refractivity contribution is 7.98. The van der Waals surface area contributed by atoms with E-state index in [0.717, 1.165) is 0 Å². The lowest BCUT2D eigenvalue weighted by Crippen LogP contribution is -2.25. The summed E-state index contributed by atoms with van der Waals surface area (Å²) in [4.78, 5) is 0. The van der Waals surface area contributed by atoms with Crippen LogP contribution in [-0.2, 0) is 0 Å². The van der Waals surface area contributed by atoms with Crippen LogP contribution in [0.1, 0.15) is 32.3 Å². The van der Waals surface area contributed by atoms with Crippen LogP contribution in [0.25, 0.3) is 0 Å². The van der Waals surface area contributed by atoms with E-state index in [1.54, 1.807) is 0 Å². The Balaban J connectivity index is 2.85. The average Bonchev–Trinajstić information content (AvgIpc) is 2.18. The third-order valence-corrected chi connectivity index (χ3v) is 3.61. The van der Waals surface area contributed by atoms with Crippen molar-refractivity contribution in [3.05, 3.63) is 35.9 Å². The van der Waals surface area contributed by atoms with Crippen LogP contribution in [0.5, 0.6) is 0 Å². The summed E-state index contributed by atoms with van der Waals surface area (Å²) in [7, 11) is 0. The maximum atomic E-state index is 5.66. The molecule has 0 amide bonds. The van der Waals surface area contributed by atoms with Crippen molar-refractivity contribution in [3.63, 3.8) is 0 Å². The second-order valence-electron chi connectivity index (χ2n) is 3.85. The van der Waals surface area contributed by atoms with Crippen LogP contribution in [-0.4, -0.2) is 4.75 Å². The summed E-state index contributed by atoms with van der Waals surface area (Å²) in [5.74, 6) is 0.476. The molecule has 1 nitrogen and oxygen atoms in total. The molecular formula is C11H17NS. The predicted molar refractivity (Wildman–Crippen MR) is 60.7 cm³/mol. The van der Waals surface area contributed by atoms with Gasteiger partial charge in [0.05, 0.1) is 0 Å². The van der Waals surface area contributed by atoms with Crippen molar-refractivity contribution >= 4 is 11.9 Å². The number of rotatable bonds is 3. The Hall–Kier alpha value is -0.470. The molecule has 0 saturated carbocycles. The normalized spacial score (nSPS) is 14.2. The summed E-state index contributed by atoms with van der Waals surface area (Å²) in [6, 6.07) is 10.5. The van der Waals surface area contributed by atoms with E-state index in [2.05, 4.69) is 45.0 Å². The van der Waals surface area contributed by atoms with E-state index in [0.29, 0.717) is 5.92 Å². The number of hydrogen-bond donors (Lipinski definition) is 1. The lowest BCUT2D eigenvalue weighted by molar-refractivity contribution is 0.586. The highest BCUT2D eigenvalue weighted by Gasteiger charge is 2.26. The minimum atomic E-state index is 0.0986. The van der Waals surface area contributed by atoms with Gasteiger partial charge in [-0.1, -0.05) is 49.2 Å². The lowest BCUT2D eigenvalue weighted by Gasteiger charge is -2.29. The Kier molecular flexibility index (Phi) is 3.40. The molecule has 1 aromatic carbocycles. The summed E-state index contributed by atoms with van der Waals surface area (Å²) in [5.41, 5.74) is 1.35. The predicted octanol–water partition coefficient (Wildman–Crippen LogP) is 3.18. The lowest BCUT2D eigenvalue weighted by atomic mass is 9.89. The Morgan fingerprint density at radius 1 is 1.23 bits per heavy atom. The molecule has 0 aliphatic carbocycles. The van der Waals surface area contributed by atoms with E-state index >= 15 is 0 Å². The van der Waals surface area contributed by atoms with Crippen molar-refractivity contribution in [2.24, 2.45) is 5.14 Å². The minimum Gasteiger partial charge on any atom is -0.277 e. The number of benzene rings is 1. The molecule has 2 N–H and O–H groups in total. The molecule has 1 atom stereocenters. The molecule has 0 spiro atoms. The van der Waals surface area contributed by atoms with Crippen LogP contribution in [0.2, 0.25) is 0 Å². The first kappa shape index (κ1) is 10.6. The number of hydrogen-bond acceptors (Lipinski definition) is 2. The molecule has 0 aliphatic heterocycles. The van der Waals surface area contributed by atoms with Gasteiger partial charge in [0.15, 0.2) is 0 Å². The van der Waals surface area contributed by atoms with Gasteiger partial charge >= 0.3 is 0 Å². The standard InChI is InChI=1S/C11H17NS/c1-9(11(2,3)13-12)10-7-5-4-6-8-10/h4-9H,12H2,1-3H3. The zero-order valence-corrected chi connectivity index (χ0v) is 9.27. The molecule has 0 bridgehead atoms. The Bertz CT molecular complexity index is 256. The molecule has 13 heavy (non-hydrogen) atoms. The van der Waals surface area contributed by atoms with Gasteiger partial charge < -0.3 is 0 Å². The maximum absolute atomic E-state index is 5.66. The van der Waals surface area contributed by atoms with E-state index in [1.165, 1.54) is 17.5 Å². The molecule has 0 saturated heterocycles. The Morgan fingerprint density at radius 3 is 2.23 bits per heavy atom. The highest BCUT2D eigenvalue weighted by Crippen LogP contribution is 2.35. The van der Waals surface area contributed by atoms with E-state index in [1.807, 2.05) is 6.07 Å². The smallest absolute Gasteiger partial charge is 0.0312 e. The van der Waals surface area contributed by atoms with Gasteiger partial charge in [0.1, 0.15) is 0 Å². The largest absolute Gasteiger partial charge is 0.277 e. The van der Waals surface area contributed by atoms with Gasteiger partial charge in [-0.2, -0.15) is 0 Å². The third kappa shape index (κ3) is 2.48. The van der Waals surface area contributed by atoms with Crippen LogP contribution in [0.3, 0.4) is 0 Å². The average molecular weight is 195 g/mol. The fourth-order valence-corrected chi connectivity index (χ4v) is 1.59. The molecule has 1 unspecified atom stereocenters. The summed E-state index contributed by atoms with van der Waals surface area (Å²) in [6.45, 7) is 6.57. The number of nitrogens with two attached hydrogens (primary N) is 1. The molecule has 2 heteroatoms. The van der Waals surface area contributed by atoms with Crippen LogP contribution in [0, 0.1) is 0 Å². The molecule has 1 rings (SSSR count). The van der Waals surface area contributed by atoms with Crippen molar-refractivity contribution in [3.8, 4) is 0 Å². The molecule has 0 radical (unpaired) electrons. The molecule has 0 aliphatic rings. The van der Waals surface area contributed by atoms with E-state index in [-0.39, 0.29) is 4.75 Å². The summed E-state index contributed by atoms with van der Waals surface area (Å²) < 4.78 is 0.0986. The molecular weight excluding hydrogens is 178 g/mol. The van der Waals surface area contributed by atoms with Crippen molar-refractivity contribution in [1.82, 2.24) is 0 Å². The summed E-state index contributed by atoms with van der Waals surface area (Å²) in [6.07, 6.45) is 0. The first-order valence-corrected chi connectivity index (χ1v) is 5.38. The highest BCUT2D eigenvalue weighted by atomic mass is 32.2. The van der Waals surface area contributed by atoms with E-state index in [9.17, 15) is 0 Å². The van der Waals surface area contributed by atoms with E-state index in [4.69, 9.17) is 5.14 Å². The van der Waals surface area contributed by atoms with Gasteiger partial charge in [0, 0.05) is 4.75 Å². The zero-order valence-electron chi connectivity index (χ0n) is 8.45. The molecule has 0 fully saturated rings. The first-order valence-electron chi connectivity index (χ1n) is 4.51. The van der Waals surface area contributed by atoms with Crippen LogP contribution in [0.4, 0.5) is 0 Å². The van der Waals surface area contributed by atoms with Crippen LogP contribution >= 0.6 is 11.9 Å². The molecule has 0 heterocycles. The summed E-state index contributed by atoms with van der Waals surface area (Å²) >= 11 is 1.43. The topological polar surface area (TPSA) is 26.0 Å². The monoisotopic (exact) mass is 195 g/mol. The molecule has 72 valence electrons. The minimum absolute atomic E-state index is 0.0986. The Labute approximate surface area is 84.9 Å². The van der Waals surface area contributed by atoms with Gasteiger partial charge in [0.2, 0.25) is 0 Å². The second-order valence-corrected chi connectivity index (χ2v) is 5.14. The van der Waals surface area contributed by atoms with E-state index < -0.39 is 0 Å². The maximum Gasteiger partial charge on any atom is 0.0312 e. The van der Waals surface area contributed by atoms with Crippen molar-refractivity contribution in [2.45, 2.75) is 31.4 Å². The van der Waals surface area contributed by atoms with Crippen LogP contribution < -0.4 is 5.14 Å². The van der Waals surface area contributed by atoms with Crippen molar-refractivity contribution in [1.29, 1.82) is 0 Å². The van der Waals surface area contributed by atoms with Gasteiger partial charge in [-0.05, 0) is 25.3 Å². The SMILES string of the molecule is CC(c1ccccc1)C(C)(C)SN. The zero-order chi connectivity index (χ0) is 9.90. The van der Waals surface area contributed by atoms with Gasteiger partial charge in [-0.15, -0.1) is 0 Å². The molecule has 1 aromatic rings. The van der Waals surface area contributed by atoms with Crippen molar-refractivity contribution in [2.75, 3.05) is 0 Å². The fraction of sp³-hybridized carbons (Fsp3) is 0.455. The first-order chi connectivity index (χ1) is 6.08. The van der Waals surface area contributed by atoms with Crippen molar-refractivity contribution < 1.29 is 0 Å². The summed E-state index contributed by atoms with van der Waals surface area (Å²) in [5, 5.41) is 5.66. The van der Waals surface area contributed by atoms with Gasteiger partial charge in [0.25, 0.3) is 0 Å². The van der Waals surface area contributed by atoms with Crippen LogP contribution in [0.15, 0.2) is 30.3 Å². The quantitative estimate of drug-likeness (QED) is 0.750. The second kappa shape index (κ2) is 4.16. The van der Waals surface area contributed by atoms with Gasteiger partial charge in [-0.25, -0.2) is 0 Å². The Morgan fingerprint density at radius 2 is 1.77 bits per heavy atom. The van der Waals surface area contributed by atoms with Gasteiger partial charge in [-0.3, -0.25) is 5.14 Å². The fourth-order valence-electron chi connectivity index (χ4n) is 1.25.